The maximum atomic E-state index is 3.54. The molecule has 0 nitrogen and oxygen atoms in total. The second kappa shape index (κ2) is 6.69. The highest BCUT2D eigenvalue weighted by atomic mass is 28.3. The fourth-order valence-electron chi connectivity index (χ4n) is 2.53. The maximum Gasteiger partial charge on any atom is 0.163 e. The van der Waals surface area contributed by atoms with Crippen molar-refractivity contribution in [3.8, 4) is 22.6 Å². The van der Waals surface area contributed by atoms with Crippen LogP contribution in [0.15, 0.2) is 84.9 Å². The van der Waals surface area contributed by atoms with Crippen molar-refractivity contribution in [2.45, 2.75) is 13.1 Å². The van der Waals surface area contributed by atoms with Gasteiger partial charge in [0, 0.05) is 5.56 Å². The lowest BCUT2D eigenvalue weighted by molar-refractivity contribution is 1.59. The molecule has 3 rings (SSSR count). The Morgan fingerprint density at radius 3 is 1.74 bits per heavy atom. The van der Waals surface area contributed by atoms with E-state index in [-0.39, 0.29) is 0 Å². The molecule has 3 aromatic carbocycles. The molecule has 0 aliphatic carbocycles. The molecule has 0 radical (unpaired) electrons. The second-order valence-electron chi connectivity index (χ2n) is 6.18. The molecule has 0 amide bonds. The molecule has 0 unspecified atom stereocenters. The summed E-state index contributed by atoms with van der Waals surface area (Å²) in [6.45, 7) is 4.60. The van der Waals surface area contributed by atoms with Gasteiger partial charge in [-0.15, -0.1) is 5.54 Å². The van der Waals surface area contributed by atoms with E-state index < -0.39 is 8.07 Å². The Morgan fingerprint density at radius 1 is 0.609 bits per heavy atom. The lowest BCUT2D eigenvalue weighted by Gasteiger charge is -2.14. The van der Waals surface area contributed by atoms with Crippen molar-refractivity contribution in [3.63, 3.8) is 0 Å². The van der Waals surface area contributed by atoms with E-state index in [4.69, 9.17) is 0 Å². The molecule has 0 saturated carbocycles. The van der Waals surface area contributed by atoms with E-state index in [0.29, 0.717) is 0 Å². The summed E-state index contributed by atoms with van der Waals surface area (Å²) in [7, 11) is -1.70. The van der Waals surface area contributed by atoms with Gasteiger partial charge in [-0.25, -0.2) is 0 Å². The molecular formula is C22H20Si. The van der Waals surface area contributed by atoms with Crippen molar-refractivity contribution in [2.24, 2.45) is 0 Å². The topological polar surface area (TPSA) is 0 Å². The third-order valence-electron chi connectivity index (χ3n) is 4.01. The SMILES string of the molecule is C[Si](C)(C#Cc1ccc(-c2ccccc2)cc1)c1ccccc1. The molecule has 0 spiro atoms. The van der Waals surface area contributed by atoms with Crippen molar-refractivity contribution in [1.29, 1.82) is 0 Å². The Balaban J connectivity index is 1.82. The minimum absolute atomic E-state index is 1.08. The minimum Gasteiger partial charge on any atom is -0.121 e. The zero-order chi connectivity index (χ0) is 16.1. The zero-order valence-electron chi connectivity index (χ0n) is 13.6. The molecule has 0 saturated heterocycles. The summed E-state index contributed by atoms with van der Waals surface area (Å²) in [4.78, 5) is 0. The quantitative estimate of drug-likeness (QED) is 0.468. The van der Waals surface area contributed by atoms with Crippen LogP contribution in [0.1, 0.15) is 5.56 Å². The van der Waals surface area contributed by atoms with E-state index in [9.17, 15) is 0 Å². The smallest absolute Gasteiger partial charge is 0.121 e. The number of hydrogen-bond donors (Lipinski definition) is 0. The Kier molecular flexibility index (Phi) is 4.46. The van der Waals surface area contributed by atoms with E-state index >= 15 is 0 Å². The van der Waals surface area contributed by atoms with Crippen molar-refractivity contribution in [3.05, 3.63) is 90.5 Å². The molecule has 0 bridgehead atoms. The number of benzene rings is 3. The Bertz CT molecular complexity index is 820. The Morgan fingerprint density at radius 2 is 1.13 bits per heavy atom. The largest absolute Gasteiger partial charge is 0.163 e. The highest BCUT2D eigenvalue weighted by molar-refractivity contribution is 6.96. The van der Waals surface area contributed by atoms with Gasteiger partial charge in [-0.3, -0.25) is 0 Å². The van der Waals surface area contributed by atoms with Crippen molar-refractivity contribution in [2.75, 3.05) is 0 Å². The molecule has 0 N–H and O–H groups in total. The van der Waals surface area contributed by atoms with Gasteiger partial charge in [0.05, 0.1) is 0 Å². The molecule has 0 heterocycles. The summed E-state index contributed by atoms with van der Waals surface area (Å²) in [5, 5.41) is 1.38. The number of rotatable bonds is 2. The van der Waals surface area contributed by atoms with Gasteiger partial charge in [-0.1, -0.05) is 91.8 Å². The summed E-state index contributed by atoms with van der Waals surface area (Å²) >= 11 is 0. The van der Waals surface area contributed by atoms with E-state index in [1.807, 2.05) is 6.07 Å². The Labute approximate surface area is 139 Å². The van der Waals surface area contributed by atoms with Gasteiger partial charge < -0.3 is 0 Å². The molecule has 0 aliphatic heterocycles. The summed E-state index contributed by atoms with van der Waals surface area (Å²) in [6.07, 6.45) is 0. The predicted molar refractivity (Wildman–Crippen MR) is 102 cm³/mol. The van der Waals surface area contributed by atoms with Crippen LogP contribution in [0.25, 0.3) is 11.1 Å². The third kappa shape index (κ3) is 3.80. The van der Waals surface area contributed by atoms with Crippen LogP contribution in [0.3, 0.4) is 0 Å². The second-order valence-corrected chi connectivity index (χ2v) is 10.3. The first-order valence-electron chi connectivity index (χ1n) is 7.89. The zero-order valence-corrected chi connectivity index (χ0v) is 14.6. The van der Waals surface area contributed by atoms with Gasteiger partial charge in [-0.2, -0.15) is 0 Å². The van der Waals surface area contributed by atoms with Crippen LogP contribution < -0.4 is 5.19 Å². The van der Waals surface area contributed by atoms with Crippen LogP contribution >= 0.6 is 0 Å². The normalized spacial score (nSPS) is 10.7. The van der Waals surface area contributed by atoms with Gasteiger partial charge in [0.15, 0.2) is 8.07 Å². The van der Waals surface area contributed by atoms with Gasteiger partial charge in [0.1, 0.15) is 0 Å². The molecule has 0 atom stereocenters. The first-order valence-corrected chi connectivity index (χ1v) is 10.9. The van der Waals surface area contributed by atoms with Crippen LogP contribution in [0.2, 0.25) is 13.1 Å². The first-order chi connectivity index (χ1) is 11.1. The van der Waals surface area contributed by atoms with Gasteiger partial charge in [0.25, 0.3) is 0 Å². The van der Waals surface area contributed by atoms with Gasteiger partial charge >= 0.3 is 0 Å². The summed E-state index contributed by atoms with van der Waals surface area (Å²) < 4.78 is 0. The highest BCUT2D eigenvalue weighted by Gasteiger charge is 2.20. The third-order valence-corrected chi connectivity index (χ3v) is 6.53. The van der Waals surface area contributed by atoms with Gasteiger partial charge in [0.2, 0.25) is 0 Å². The van der Waals surface area contributed by atoms with Crippen LogP contribution in [-0.2, 0) is 0 Å². The molecule has 0 aliphatic rings. The van der Waals surface area contributed by atoms with E-state index in [1.165, 1.54) is 16.3 Å². The maximum absolute atomic E-state index is 3.54. The summed E-state index contributed by atoms with van der Waals surface area (Å²) in [5.74, 6) is 3.37. The summed E-state index contributed by atoms with van der Waals surface area (Å²) in [6, 6.07) is 29.6. The molecule has 0 fully saturated rings. The van der Waals surface area contributed by atoms with E-state index in [2.05, 4.69) is 103 Å². The fourth-order valence-corrected chi connectivity index (χ4v) is 4.16. The lowest BCUT2D eigenvalue weighted by Crippen LogP contribution is -2.39. The van der Waals surface area contributed by atoms with Crippen molar-refractivity contribution >= 4 is 13.3 Å². The van der Waals surface area contributed by atoms with Crippen LogP contribution in [0.4, 0.5) is 0 Å². The molecule has 1 heteroatoms. The monoisotopic (exact) mass is 312 g/mol. The predicted octanol–water partition coefficient (Wildman–Crippen LogP) is 4.86. The van der Waals surface area contributed by atoms with Crippen molar-refractivity contribution in [1.82, 2.24) is 0 Å². The average molecular weight is 312 g/mol. The van der Waals surface area contributed by atoms with Crippen molar-refractivity contribution < 1.29 is 0 Å². The molecule has 23 heavy (non-hydrogen) atoms. The fraction of sp³-hybridized carbons (Fsp3) is 0.0909. The average Bonchev–Trinajstić information content (AvgIpc) is 2.62. The van der Waals surface area contributed by atoms with Gasteiger partial charge in [-0.05, 0) is 28.4 Å². The Hall–Kier alpha value is -2.56. The molecule has 3 aromatic rings. The van der Waals surface area contributed by atoms with Crippen LogP contribution in [-0.4, -0.2) is 8.07 Å². The molecule has 0 aromatic heterocycles. The van der Waals surface area contributed by atoms with Crippen LogP contribution in [0, 0.1) is 11.5 Å². The van der Waals surface area contributed by atoms with Crippen LogP contribution in [0.5, 0.6) is 0 Å². The minimum atomic E-state index is -1.70. The van der Waals surface area contributed by atoms with E-state index in [0.717, 1.165) is 5.56 Å². The molecular weight excluding hydrogens is 292 g/mol. The summed E-state index contributed by atoms with van der Waals surface area (Å²) in [5.41, 5.74) is 7.10. The number of hydrogen-bond acceptors (Lipinski definition) is 0. The standard InChI is InChI=1S/C22H20Si/c1-23(2,22-11-7-4-8-12-22)18-17-19-13-15-21(16-14-19)20-9-5-3-6-10-20/h3-16H,1-2H3. The molecule has 112 valence electrons. The lowest BCUT2D eigenvalue weighted by atomic mass is 10.0. The highest BCUT2D eigenvalue weighted by Crippen LogP contribution is 2.18. The first kappa shape index (κ1) is 15.3. The van der Waals surface area contributed by atoms with E-state index in [1.54, 1.807) is 0 Å².